The Labute approximate surface area is 113 Å². The first-order valence-electron chi connectivity index (χ1n) is 5.80. The quantitative estimate of drug-likeness (QED) is 0.734. The monoisotopic (exact) mass is 294 g/mol. The van der Waals surface area contributed by atoms with Crippen molar-refractivity contribution in [1.29, 1.82) is 0 Å². The number of H-pyrrole nitrogens is 1. The second kappa shape index (κ2) is 6.51. The van der Waals surface area contributed by atoms with Gasteiger partial charge in [0.05, 0.1) is 11.9 Å². The number of hydrogen-bond donors (Lipinski definition) is 3. The molecule has 0 saturated carbocycles. The molecule has 1 aromatic heterocycles. The van der Waals surface area contributed by atoms with Gasteiger partial charge >= 0.3 is 0 Å². The minimum Gasteiger partial charge on any atom is -0.316 e. The molecule has 18 heavy (non-hydrogen) atoms. The average molecular weight is 295 g/mol. The highest BCUT2D eigenvalue weighted by Crippen LogP contribution is 2.13. The van der Waals surface area contributed by atoms with Crippen LogP contribution in [-0.4, -0.2) is 38.2 Å². The highest BCUT2D eigenvalue weighted by molar-refractivity contribution is 7.89. The highest BCUT2D eigenvalue weighted by atomic mass is 35.5. The summed E-state index contributed by atoms with van der Waals surface area (Å²) >= 11 is 0. The van der Waals surface area contributed by atoms with Crippen LogP contribution in [0.5, 0.6) is 0 Å². The maximum atomic E-state index is 11.9. The highest BCUT2D eigenvalue weighted by Gasteiger charge is 2.19. The van der Waals surface area contributed by atoms with Gasteiger partial charge in [-0.25, -0.2) is 13.1 Å². The van der Waals surface area contributed by atoms with E-state index in [-0.39, 0.29) is 17.3 Å². The molecule has 1 saturated heterocycles. The first kappa shape index (κ1) is 15.4. The van der Waals surface area contributed by atoms with Gasteiger partial charge < -0.3 is 5.32 Å². The van der Waals surface area contributed by atoms with E-state index in [4.69, 9.17) is 0 Å². The molecule has 0 radical (unpaired) electrons. The Kier molecular flexibility index (Phi) is 5.58. The molecule has 104 valence electrons. The normalized spacial score (nSPS) is 19.7. The Morgan fingerprint density at radius 1 is 1.56 bits per heavy atom. The number of aromatic amines is 1. The third-order valence-corrected chi connectivity index (χ3v) is 4.66. The van der Waals surface area contributed by atoms with Crippen LogP contribution in [0.25, 0.3) is 0 Å². The van der Waals surface area contributed by atoms with E-state index in [1.54, 1.807) is 6.92 Å². The molecule has 2 rings (SSSR count). The van der Waals surface area contributed by atoms with Crippen LogP contribution < -0.4 is 10.0 Å². The van der Waals surface area contributed by atoms with E-state index >= 15 is 0 Å². The lowest BCUT2D eigenvalue weighted by Gasteiger charge is -2.09. The van der Waals surface area contributed by atoms with Crippen LogP contribution in [0.15, 0.2) is 11.1 Å². The number of sulfonamides is 1. The van der Waals surface area contributed by atoms with Crippen molar-refractivity contribution >= 4 is 22.4 Å². The van der Waals surface area contributed by atoms with Crippen molar-refractivity contribution in [2.24, 2.45) is 5.92 Å². The van der Waals surface area contributed by atoms with Gasteiger partial charge in [0, 0.05) is 6.54 Å². The first-order valence-corrected chi connectivity index (χ1v) is 7.28. The topological polar surface area (TPSA) is 86.9 Å². The molecule has 0 spiro atoms. The molecular formula is C10H19ClN4O2S. The van der Waals surface area contributed by atoms with Crippen LogP contribution in [0.2, 0.25) is 0 Å². The fourth-order valence-corrected chi connectivity index (χ4v) is 3.23. The molecule has 0 aliphatic carbocycles. The fraction of sp³-hybridized carbons (Fsp3) is 0.700. The van der Waals surface area contributed by atoms with Gasteiger partial charge in [-0.3, -0.25) is 5.10 Å². The molecule has 1 aliphatic heterocycles. The van der Waals surface area contributed by atoms with Gasteiger partial charge in [0.2, 0.25) is 10.0 Å². The minimum absolute atomic E-state index is 0. The summed E-state index contributed by atoms with van der Waals surface area (Å²) in [5.41, 5.74) is 0.569. The summed E-state index contributed by atoms with van der Waals surface area (Å²) in [5.74, 6) is 0.586. The molecule has 0 amide bonds. The Hall–Kier alpha value is -0.630. The molecule has 8 heteroatoms. The zero-order valence-electron chi connectivity index (χ0n) is 10.3. The Morgan fingerprint density at radius 3 is 2.89 bits per heavy atom. The van der Waals surface area contributed by atoms with Gasteiger partial charge in [0.15, 0.2) is 0 Å². The summed E-state index contributed by atoms with van der Waals surface area (Å²) in [6.07, 6.45) is 3.35. The van der Waals surface area contributed by atoms with Gasteiger partial charge in [0.25, 0.3) is 0 Å². The summed E-state index contributed by atoms with van der Waals surface area (Å²) in [7, 11) is -3.40. The van der Waals surface area contributed by atoms with Gasteiger partial charge in [-0.15, -0.1) is 12.4 Å². The SMILES string of the molecule is Cc1[nH]ncc1S(=O)(=O)NCCC1CCNC1.Cl. The lowest BCUT2D eigenvalue weighted by Crippen LogP contribution is -2.26. The predicted octanol–water partition coefficient (Wildman–Crippen LogP) is 0.418. The van der Waals surface area contributed by atoms with Crippen molar-refractivity contribution in [3.63, 3.8) is 0 Å². The summed E-state index contributed by atoms with van der Waals surface area (Å²) in [6.45, 7) is 4.21. The Morgan fingerprint density at radius 2 is 2.33 bits per heavy atom. The fourth-order valence-electron chi connectivity index (χ4n) is 2.05. The van der Waals surface area contributed by atoms with Gasteiger partial charge in [-0.05, 0) is 38.8 Å². The number of hydrogen-bond acceptors (Lipinski definition) is 4. The van der Waals surface area contributed by atoms with Crippen molar-refractivity contribution in [3.05, 3.63) is 11.9 Å². The van der Waals surface area contributed by atoms with Crippen molar-refractivity contribution in [3.8, 4) is 0 Å². The largest absolute Gasteiger partial charge is 0.316 e. The third kappa shape index (κ3) is 3.68. The Bertz CT molecular complexity index is 468. The average Bonchev–Trinajstić information content (AvgIpc) is 2.88. The summed E-state index contributed by atoms with van der Waals surface area (Å²) < 4.78 is 26.4. The van der Waals surface area contributed by atoms with E-state index < -0.39 is 10.0 Å². The number of halogens is 1. The summed E-state index contributed by atoms with van der Waals surface area (Å²) in [5, 5.41) is 9.61. The minimum atomic E-state index is -3.40. The molecular weight excluding hydrogens is 276 g/mol. The predicted molar refractivity (Wildman–Crippen MR) is 71.4 cm³/mol. The summed E-state index contributed by atoms with van der Waals surface area (Å²) in [6, 6.07) is 0. The number of aryl methyl sites for hydroxylation is 1. The molecule has 0 bridgehead atoms. The van der Waals surface area contributed by atoms with Crippen LogP contribution in [0, 0.1) is 12.8 Å². The van der Waals surface area contributed by atoms with Crippen molar-refractivity contribution in [2.75, 3.05) is 19.6 Å². The van der Waals surface area contributed by atoms with E-state index in [1.807, 2.05) is 0 Å². The summed E-state index contributed by atoms with van der Waals surface area (Å²) in [4.78, 5) is 0.238. The lowest BCUT2D eigenvalue weighted by molar-refractivity contribution is 0.519. The number of nitrogens with zero attached hydrogens (tertiary/aromatic N) is 1. The molecule has 1 unspecified atom stereocenters. The molecule has 1 aromatic rings. The molecule has 3 N–H and O–H groups in total. The van der Waals surface area contributed by atoms with Crippen molar-refractivity contribution < 1.29 is 8.42 Å². The first-order chi connectivity index (χ1) is 8.09. The van der Waals surface area contributed by atoms with Gasteiger partial charge in [0.1, 0.15) is 4.90 Å². The second-order valence-corrected chi connectivity index (χ2v) is 6.14. The lowest BCUT2D eigenvalue weighted by atomic mass is 10.1. The van der Waals surface area contributed by atoms with E-state index in [0.29, 0.717) is 18.2 Å². The number of rotatable bonds is 5. The van der Waals surface area contributed by atoms with E-state index in [0.717, 1.165) is 25.9 Å². The van der Waals surface area contributed by atoms with E-state index in [1.165, 1.54) is 6.20 Å². The number of aromatic nitrogens is 2. The van der Waals surface area contributed by atoms with Crippen LogP contribution >= 0.6 is 12.4 Å². The van der Waals surface area contributed by atoms with Crippen molar-refractivity contribution in [2.45, 2.75) is 24.7 Å². The molecule has 1 aliphatic rings. The van der Waals surface area contributed by atoms with Gasteiger partial charge in [-0.2, -0.15) is 5.10 Å². The van der Waals surface area contributed by atoms with E-state index in [2.05, 4.69) is 20.2 Å². The van der Waals surface area contributed by atoms with E-state index in [9.17, 15) is 8.42 Å². The zero-order valence-corrected chi connectivity index (χ0v) is 11.9. The molecule has 0 aromatic carbocycles. The van der Waals surface area contributed by atoms with Crippen LogP contribution in [0.3, 0.4) is 0 Å². The molecule has 6 nitrogen and oxygen atoms in total. The second-order valence-electron chi connectivity index (χ2n) is 4.40. The maximum absolute atomic E-state index is 11.9. The van der Waals surface area contributed by atoms with Crippen molar-refractivity contribution in [1.82, 2.24) is 20.2 Å². The number of nitrogens with one attached hydrogen (secondary N) is 3. The van der Waals surface area contributed by atoms with Crippen LogP contribution in [0.1, 0.15) is 18.5 Å². The zero-order chi connectivity index (χ0) is 12.3. The van der Waals surface area contributed by atoms with Crippen LogP contribution in [0.4, 0.5) is 0 Å². The smallest absolute Gasteiger partial charge is 0.243 e. The standard InChI is InChI=1S/C10H18N4O2S.ClH/c1-8-10(7-12-14-8)17(15,16)13-5-3-9-2-4-11-6-9;/h7,9,11,13H,2-6H2,1H3,(H,12,14);1H. The van der Waals surface area contributed by atoms with Crippen LogP contribution in [-0.2, 0) is 10.0 Å². The molecule has 2 heterocycles. The Balaban J connectivity index is 0.00000162. The molecule has 1 fully saturated rings. The third-order valence-electron chi connectivity index (χ3n) is 3.08. The maximum Gasteiger partial charge on any atom is 0.243 e. The molecule has 1 atom stereocenters. The van der Waals surface area contributed by atoms with Gasteiger partial charge in [-0.1, -0.05) is 0 Å².